The van der Waals surface area contributed by atoms with E-state index >= 15 is 0 Å². The Hall–Kier alpha value is -4.15. The number of nitrogens with zero attached hydrogens (tertiary/aromatic N) is 4. The molecule has 1 aliphatic carbocycles. The number of carbonyl (C=O) groups excluding carboxylic acids is 2. The summed E-state index contributed by atoms with van der Waals surface area (Å²) >= 11 is 0. The minimum absolute atomic E-state index is 0.181. The monoisotopic (exact) mass is 486 g/mol. The first kappa shape index (κ1) is 23.6. The van der Waals surface area contributed by atoms with Gasteiger partial charge in [-0.3, -0.25) is 19.2 Å². The van der Waals surface area contributed by atoms with Gasteiger partial charge in [-0.2, -0.15) is 0 Å². The fourth-order valence-corrected chi connectivity index (χ4v) is 4.47. The van der Waals surface area contributed by atoms with E-state index in [0.29, 0.717) is 35.8 Å². The molecular weight excluding hydrogens is 460 g/mol. The van der Waals surface area contributed by atoms with Gasteiger partial charge in [0.15, 0.2) is 0 Å². The third kappa shape index (κ3) is 4.21. The number of amides is 2. The van der Waals surface area contributed by atoms with E-state index in [1.54, 1.807) is 43.1 Å². The molecule has 1 aliphatic rings. The molecular formula is C26H26N6O4. The quantitative estimate of drug-likeness (QED) is 0.198. The van der Waals surface area contributed by atoms with Crippen LogP contribution in [0.4, 0.5) is 0 Å². The number of carbonyl (C=O) groups is 2. The number of pyridine rings is 1. The number of hydrogen-bond donors (Lipinski definition) is 3. The number of nitrogens with one attached hydrogen (secondary N) is 2. The van der Waals surface area contributed by atoms with Crippen LogP contribution in [0.3, 0.4) is 0 Å². The van der Waals surface area contributed by atoms with Gasteiger partial charge in [-0.1, -0.05) is 12.1 Å². The smallest absolute Gasteiger partial charge is 0.274 e. The Morgan fingerprint density at radius 2 is 1.86 bits per heavy atom. The largest absolute Gasteiger partial charge is 0.383 e. The summed E-state index contributed by atoms with van der Waals surface area (Å²) in [6, 6.07) is 12.5. The first-order valence-corrected chi connectivity index (χ1v) is 11.6. The van der Waals surface area contributed by atoms with E-state index in [1.165, 1.54) is 0 Å². The molecule has 184 valence electrons. The van der Waals surface area contributed by atoms with Gasteiger partial charge in [0, 0.05) is 37.2 Å². The van der Waals surface area contributed by atoms with E-state index < -0.39 is 5.91 Å². The van der Waals surface area contributed by atoms with Gasteiger partial charge in [0.2, 0.25) is 0 Å². The highest BCUT2D eigenvalue weighted by Gasteiger charge is 2.48. The normalized spacial score (nSPS) is 14.0. The zero-order valence-corrected chi connectivity index (χ0v) is 20.0. The second kappa shape index (κ2) is 9.48. The van der Waals surface area contributed by atoms with E-state index in [1.807, 2.05) is 35.7 Å². The lowest BCUT2D eigenvalue weighted by Crippen LogP contribution is -2.26. The lowest BCUT2D eigenvalue weighted by Gasteiger charge is -2.16. The SMILES string of the molecule is COCCNC(=O)c1ccn2c(-c3ccnc(C4(c5ccc(C(=O)NO)cc5)CC4)n3)c(C)nc2c1. The van der Waals surface area contributed by atoms with Crippen LogP contribution in [-0.2, 0) is 10.2 Å². The minimum Gasteiger partial charge on any atom is -0.383 e. The highest BCUT2D eigenvalue weighted by Crippen LogP contribution is 2.52. The molecule has 10 heteroatoms. The first-order valence-electron chi connectivity index (χ1n) is 11.6. The number of methoxy groups -OCH3 is 1. The molecule has 0 bridgehead atoms. The average Bonchev–Trinajstić information content (AvgIpc) is 3.65. The molecule has 1 fully saturated rings. The molecule has 5 rings (SSSR count). The molecule has 0 atom stereocenters. The van der Waals surface area contributed by atoms with Gasteiger partial charge in [0.05, 0.1) is 29.1 Å². The van der Waals surface area contributed by atoms with Crippen LogP contribution in [0.25, 0.3) is 17.0 Å². The zero-order chi connectivity index (χ0) is 25.3. The molecule has 3 N–H and O–H groups in total. The lowest BCUT2D eigenvalue weighted by molar-refractivity contribution is 0.0706. The van der Waals surface area contributed by atoms with E-state index in [2.05, 4.69) is 15.3 Å². The van der Waals surface area contributed by atoms with Gasteiger partial charge in [0.25, 0.3) is 11.8 Å². The molecule has 36 heavy (non-hydrogen) atoms. The average molecular weight is 487 g/mol. The van der Waals surface area contributed by atoms with Gasteiger partial charge in [-0.25, -0.2) is 20.4 Å². The fourth-order valence-electron chi connectivity index (χ4n) is 4.47. The van der Waals surface area contributed by atoms with Crippen LogP contribution in [0, 0.1) is 6.92 Å². The van der Waals surface area contributed by atoms with Crippen molar-refractivity contribution < 1.29 is 19.5 Å². The van der Waals surface area contributed by atoms with E-state index in [0.717, 1.165) is 35.5 Å². The molecule has 3 heterocycles. The third-order valence-electron chi connectivity index (χ3n) is 6.53. The number of aromatic nitrogens is 4. The van der Waals surface area contributed by atoms with Crippen molar-refractivity contribution in [3.05, 3.63) is 83.1 Å². The van der Waals surface area contributed by atoms with Crippen LogP contribution < -0.4 is 10.8 Å². The summed E-state index contributed by atoms with van der Waals surface area (Å²) in [6.45, 7) is 2.79. The number of fused-ring (bicyclic) bond motifs is 1. The van der Waals surface area contributed by atoms with Crippen molar-refractivity contribution in [3.8, 4) is 11.4 Å². The van der Waals surface area contributed by atoms with E-state index in [4.69, 9.17) is 14.9 Å². The van der Waals surface area contributed by atoms with Gasteiger partial charge >= 0.3 is 0 Å². The molecule has 0 radical (unpaired) electrons. The molecule has 0 spiro atoms. The van der Waals surface area contributed by atoms with Crippen molar-refractivity contribution in [2.45, 2.75) is 25.2 Å². The molecule has 3 aromatic heterocycles. The topological polar surface area (TPSA) is 131 Å². The van der Waals surface area contributed by atoms with Crippen molar-refractivity contribution in [1.82, 2.24) is 30.1 Å². The summed E-state index contributed by atoms with van der Waals surface area (Å²) < 4.78 is 6.91. The maximum absolute atomic E-state index is 12.4. The van der Waals surface area contributed by atoms with Crippen molar-refractivity contribution >= 4 is 17.5 Å². The van der Waals surface area contributed by atoms with Crippen molar-refractivity contribution in [2.75, 3.05) is 20.3 Å². The molecule has 0 saturated heterocycles. The first-order chi connectivity index (χ1) is 17.5. The number of imidazole rings is 1. The molecule has 0 aliphatic heterocycles. The molecule has 4 aromatic rings. The minimum atomic E-state index is -0.552. The summed E-state index contributed by atoms with van der Waals surface area (Å²) in [6.07, 6.45) is 5.38. The predicted octanol–water partition coefficient (Wildman–Crippen LogP) is 2.67. The molecule has 0 unspecified atom stereocenters. The van der Waals surface area contributed by atoms with Gasteiger partial charge in [0.1, 0.15) is 11.5 Å². The summed E-state index contributed by atoms with van der Waals surface area (Å²) in [5, 5.41) is 11.7. The summed E-state index contributed by atoms with van der Waals surface area (Å²) in [4.78, 5) is 38.3. The molecule has 2 amide bonds. The Morgan fingerprint density at radius 1 is 1.08 bits per heavy atom. The van der Waals surface area contributed by atoms with Gasteiger partial charge < -0.3 is 10.1 Å². The Kier molecular flexibility index (Phi) is 6.21. The number of rotatable bonds is 8. The highest BCUT2D eigenvalue weighted by molar-refractivity contribution is 5.95. The Balaban J connectivity index is 1.46. The summed E-state index contributed by atoms with van der Waals surface area (Å²) in [7, 11) is 1.59. The van der Waals surface area contributed by atoms with Crippen LogP contribution in [0.1, 0.15) is 50.6 Å². The van der Waals surface area contributed by atoms with Crippen LogP contribution in [0.15, 0.2) is 54.9 Å². The fraction of sp³-hybridized carbons (Fsp3) is 0.269. The van der Waals surface area contributed by atoms with E-state index in [9.17, 15) is 9.59 Å². The molecule has 10 nitrogen and oxygen atoms in total. The maximum atomic E-state index is 12.4. The second-order valence-corrected chi connectivity index (χ2v) is 8.80. The van der Waals surface area contributed by atoms with Crippen LogP contribution in [0.5, 0.6) is 0 Å². The Labute approximate surface area is 207 Å². The standard InChI is InChI=1S/C26H26N6O4/c1-16-22(32-13-8-18(15-21(32)29-16)23(33)27-12-14-36-2)20-7-11-28-25(30-20)26(9-10-26)19-5-3-17(4-6-19)24(34)31-35/h3-8,11,13,15,35H,9-10,12,14H2,1-2H3,(H,27,33)(H,31,34). The number of hydroxylamine groups is 1. The third-order valence-corrected chi connectivity index (χ3v) is 6.53. The van der Waals surface area contributed by atoms with E-state index in [-0.39, 0.29) is 11.3 Å². The second-order valence-electron chi connectivity index (χ2n) is 8.80. The van der Waals surface area contributed by atoms with Crippen molar-refractivity contribution in [3.63, 3.8) is 0 Å². The lowest BCUT2D eigenvalue weighted by atomic mass is 9.93. The number of benzene rings is 1. The Morgan fingerprint density at radius 3 is 2.56 bits per heavy atom. The summed E-state index contributed by atoms with van der Waals surface area (Å²) in [5.74, 6) is -0.0227. The number of aryl methyl sites for hydroxylation is 1. The van der Waals surface area contributed by atoms with Crippen LogP contribution in [0.2, 0.25) is 0 Å². The van der Waals surface area contributed by atoms with Crippen molar-refractivity contribution in [2.24, 2.45) is 0 Å². The van der Waals surface area contributed by atoms with Gasteiger partial charge in [-0.15, -0.1) is 0 Å². The van der Waals surface area contributed by atoms with Gasteiger partial charge in [-0.05, 0) is 55.7 Å². The van der Waals surface area contributed by atoms with Crippen LogP contribution >= 0.6 is 0 Å². The Bertz CT molecular complexity index is 1440. The zero-order valence-electron chi connectivity index (χ0n) is 20.0. The number of ether oxygens (including phenoxy) is 1. The summed E-state index contributed by atoms with van der Waals surface area (Å²) in [5.41, 5.74) is 6.28. The van der Waals surface area contributed by atoms with Crippen LogP contribution in [-0.4, -0.2) is 56.6 Å². The van der Waals surface area contributed by atoms with Crippen molar-refractivity contribution in [1.29, 1.82) is 0 Å². The highest BCUT2D eigenvalue weighted by atomic mass is 16.5. The molecule has 1 aromatic carbocycles. The molecule has 1 saturated carbocycles. The predicted molar refractivity (Wildman–Crippen MR) is 131 cm³/mol. The number of hydrogen-bond acceptors (Lipinski definition) is 7. The maximum Gasteiger partial charge on any atom is 0.274 e.